The van der Waals surface area contributed by atoms with Gasteiger partial charge in [-0.3, -0.25) is 0 Å². The lowest BCUT2D eigenvalue weighted by Gasteiger charge is -2.21. The van der Waals surface area contributed by atoms with E-state index in [2.05, 4.69) is 5.32 Å². The van der Waals surface area contributed by atoms with E-state index >= 15 is 0 Å². The van der Waals surface area contributed by atoms with E-state index in [1.54, 1.807) is 0 Å². The van der Waals surface area contributed by atoms with Gasteiger partial charge in [0, 0.05) is 39.0 Å². The summed E-state index contributed by atoms with van der Waals surface area (Å²) in [6.45, 7) is 7.91. The van der Waals surface area contributed by atoms with Crippen LogP contribution in [0.1, 0.15) is 33.1 Å². The first kappa shape index (κ1) is 13.9. The van der Waals surface area contributed by atoms with Crippen LogP contribution in [0.5, 0.6) is 0 Å². The van der Waals surface area contributed by atoms with E-state index < -0.39 is 0 Å². The summed E-state index contributed by atoms with van der Waals surface area (Å²) in [6, 6.07) is 0.547. The molecule has 0 radical (unpaired) electrons. The van der Waals surface area contributed by atoms with Gasteiger partial charge in [-0.15, -0.1) is 0 Å². The molecule has 1 N–H and O–H groups in total. The van der Waals surface area contributed by atoms with Crippen molar-refractivity contribution < 1.29 is 14.2 Å². The quantitative estimate of drug-likeness (QED) is 0.675. The highest BCUT2D eigenvalue weighted by molar-refractivity contribution is 4.69. The molecule has 1 unspecified atom stereocenters. The molecule has 1 aliphatic rings. The summed E-state index contributed by atoms with van der Waals surface area (Å²) in [4.78, 5) is 0. The number of ether oxygens (including phenoxy) is 3. The Bertz CT molecular complexity index is 150. The molecule has 0 aliphatic carbocycles. The summed E-state index contributed by atoms with van der Waals surface area (Å²) in [5, 5.41) is 3.50. The van der Waals surface area contributed by atoms with E-state index in [4.69, 9.17) is 14.2 Å². The zero-order valence-electron chi connectivity index (χ0n) is 10.5. The molecule has 0 spiro atoms. The third-order valence-corrected chi connectivity index (χ3v) is 2.73. The van der Waals surface area contributed by atoms with Gasteiger partial charge in [0.2, 0.25) is 0 Å². The fourth-order valence-electron chi connectivity index (χ4n) is 1.91. The minimum absolute atomic E-state index is 0.112. The van der Waals surface area contributed by atoms with Gasteiger partial charge in [-0.05, 0) is 33.1 Å². The van der Waals surface area contributed by atoms with E-state index in [1.165, 1.54) is 6.42 Å². The molecule has 1 aliphatic heterocycles. The maximum absolute atomic E-state index is 5.49. The van der Waals surface area contributed by atoms with Crippen molar-refractivity contribution in [2.24, 2.45) is 0 Å². The SMILES string of the molecule is CCOC(CNC1CCCOCC1)OCC. The largest absolute Gasteiger partial charge is 0.381 e. The molecule has 1 atom stereocenters. The first-order valence-corrected chi connectivity index (χ1v) is 6.41. The predicted octanol–water partition coefficient (Wildman–Crippen LogP) is 1.54. The molecular formula is C12H25NO3. The lowest BCUT2D eigenvalue weighted by molar-refractivity contribution is -0.133. The number of hydrogen-bond acceptors (Lipinski definition) is 4. The first-order chi connectivity index (χ1) is 7.86. The second-order valence-electron chi connectivity index (χ2n) is 3.99. The summed E-state index contributed by atoms with van der Waals surface area (Å²) >= 11 is 0. The Morgan fingerprint density at radius 1 is 1.19 bits per heavy atom. The van der Waals surface area contributed by atoms with Crippen LogP contribution in [0.3, 0.4) is 0 Å². The highest BCUT2D eigenvalue weighted by Gasteiger charge is 2.14. The zero-order chi connectivity index (χ0) is 11.6. The minimum atomic E-state index is -0.112. The summed E-state index contributed by atoms with van der Waals surface area (Å²) in [5.74, 6) is 0. The summed E-state index contributed by atoms with van der Waals surface area (Å²) in [5.41, 5.74) is 0. The van der Waals surface area contributed by atoms with Crippen molar-refractivity contribution in [3.63, 3.8) is 0 Å². The fraction of sp³-hybridized carbons (Fsp3) is 1.00. The molecule has 96 valence electrons. The van der Waals surface area contributed by atoms with Crippen LogP contribution < -0.4 is 5.32 Å². The van der Waals surface area contributed by atoms with Gasteiger partial charge in [0.25, 0.3) is 0 Å². The third-order valence-electron chi connectivity index (χ3n) is 2.73. The molecule has 0 aromatic rings. The van der Waals surface area contributed by atoms with Crippen LogP contribution in [0.2, 0.25) is 0 Å². The number of nitrogens with one attached hydrogen (secondary N) is 1. The van der Waals surface area contributed by atoms with Gasteiger partial charge in [-0.2, -0.15) is 0 Å². The topological polar surface area (TPSA) is 39.7 Å². The molecule has 0 amide bonds. The molecule has 1 rings (SSSR count). The molecule has 4 heteroatoms. The summed E-state index contributed by atoms with van der Waals surface area (Å²) < 4.78 is 16.4. The fourth-order valence-corrected chi connectivity index (χ4v) is 1.91. The monoisotopic (exact) mass is 231 g/mol. The van der Waals surface area contributed by atoms with Crippen molar-refractivity contribution >= 4 is 0 Å². The Balaban J connectivity index is 2.18. The van der Waals surface area contributed by atoms with E-state index in [9.17, 15) is 0 Å². The van der Waals surface area contributed by atoms with Crippen molar-refractivity contribution in [2.75, 3.05) is 33.0 Å². The van der Waals surface area contributed by atoms with E-state index in [0.717, 1.165) is 32.6 Å². The van der Waals surface area contributed by atoms with E-state index in [-0.39, 0.29) is 6.29 Å². The molecule has 0 saturated carbocycles. The first-order valence-electron chi connectivity index (χ1n) is 6.41. The van der Waals surface area contributed by atoms with Crippen LogP contribution in [-0.2, 0) is 14.2 Å². The average Bonchev–Trinajstić information content (AvgIpc) is 2.55. The number of hydrogen-bond donors (Lipinski definition) is 1. The van der Waals surface area contributed by atoms with Crippen LogP contribution in [0.25, 0.3) is 0 Å². The van der Waals surface area contributed by atoms with Gasteiger partial charge in [-0.1, -0.05) is 0 Å². The van der Waals surface area contributed by atoms with Gasteiger partial charge in [0.05, 0.1) is 0 Å². The molecule has 16 heavy (non-hydrogen) atoms. The van der Waals surface area contributed by atoms with Crippen molar-refractivity contribution in [3.05, 3.63) is 0 Å². The van der Waals surface area contributed by atoms with Gasteiger partial charge < -0.3 is 19.5 Å². The molecule has 0 aromatic carbocycles. The second-order valence-corrected chi connectivity index (χ2v) is 3.99. The van der Waals surface area contributed by atoms with E-state index in [1.807, 2.05) is 13.8 Å². The molecule has 1 fully saturated rings. The molecule has 1 saturated heterocycles. The smallest absolute Gasteiger partial charge is 0.169 e. The van der Waals surface area contributed by atoms with Gasteiger partial charge in [0.1, 0.15) is 0 Å². The van der Waals surface area contributed by atoms with Crippen LogP contribution in [-0.4, -0.2) is 45.3 Å². The Labute approximate surface area is 98.6 Å². The molecule has 1 heterocycles. The Morgan fingerprint density at radius 2 is 1.94 bits per heavy atom. The Hall–Kier alpha value is -0.160. The highest BCUT2D eigenvalue weighted by atomic mass is 16.7. The average molecular weight is 231 g/mol. The maximum atomic E-state index is 5.49. The summed E-state index contributed by atoms with van der Waals surface area (Å²) in [7, 11) is 0. The van der Waals surface area contributed by atoms with Crippen LogP contribution in [0.4, 0.5) is 0 Å². The second kappa shape index (κ2) is 8.93. The Morgan fingerprint density at radius 3 is 2.62 bits per heavy atom. The molecular weight excluding hydrogens is 206 g/mol. The molecule has 0 aromatic heterocycles. The summed E-state index contributed by atoms with van der Waals surface area (Å²) in [6.07, 6.45) is 3.31. The maximum Gasteiger partial charge on any atom is 0.169 e. The standard InChI is InChI=1S/C12H25NO3/c1-3-15-12(16-4-2)10-13-11-6-5-8-14-9-7-11/h11-13H,3-10H2,1-2H3. The van der Waals surface area contributed by atoms with Crippen molar-refractivity contribution in [3.8, 4) is 0 Å². The lowest BCUT2D eigenvalue weighted by atomic mass is 10.1. The van der Waals surface area contributed by atoms with Gasteiger partial charge in [0.15, 0.2) is 6.29 Å². The van der Waals surface area contributed by atoms with Gasteiger partial charge >= 0.3 is 0 Å². The third kappa shape index (κ3) is 5.80. The van der Waals surface area contributed by atoms with Crippen molar-refractivity contribution in [2.45, 2.75) is 45.4 Å². The van der Waals surface area contributed by atoms with Crippen molar-refractivity contribution in [1.29, 1.82) is 0 Å². The predicted molar refractivity (Wildman–Crippen MR) is 63.5 cm³/mol. The lowest BCUT2D eigenvalue weighted by Crippen LogP contribution is -2.38. The Kier molecular flexibility index (Phi) is 7.76. The normalized spacial score (nSPS) is 22.3. The molecule has 4 nitrogen and oxygen atoms in total. The van der Waals surface area contributed by atoms with Crippen LogP contribution >= 0.6 is 0 Å². The van der Waals surface area contributed by atoms with Crippen LogP contribution in [0, 0.1) is 0 Å². The van der Waals surface area contributed by atoms with E-state index in [0.29, 0.717) is 19.3 Å². The molecule has 0 bridgehead atoms. The van der Waals surface area contributed by atoms with Gasteiger partial charge in [-0.25, -0.2) is 0 Å². The van der Waals surface area contributed by atoms with Crippen LogP contribution in [0.15, 0.2) is 0 Å². The number of rotatable bonds is 7. The zero-order valence-corrected chi connectivity index (χ0v) is 10.5. The van der Waals surface area contributed by atoms with Crippen molar-refractivity contribution in [1.82, 2.24) is 5.32 Å². The highest BCUT2D eigenvalue weighted by Crippen LogP contribution is 2.08. The minimum Gasteiger partial charge on any atom is -0.381 e.